The molecule has 0 radical (unpaired) electrons. The van der Waals surface area contributed by atoms with Crippen molar-refractivity contribution < 1.29 is 14.8 Å². The zero-order valence-electron chi connectivity index (χ0n) is 10.4. The molecule has 100 valence electrons. The van der Waals surface area contributed by atoms with E-state index >= 15 is 0 Å². The number of phenolic OH excluding ortho intramolecular Hbond substituents is 1. The van der Waals surface area contributed by atoms with Crippen LogP contribution in [0.4, 0.5) is 5.69 Å². The van der Waals surface area contributed by atoms with E-state index in [9.17, 15) is 20.0 Å². The van der Waals surface area contributed by atoms with Crippen LogP contribution in [0.15, 0.2) is 48.5 Å². The SMILES string of the molecule is O=C/C(=C/c1ccccc1[N+](=O)[O-])c1ccc(O)cc1. The van der Waals surface area contributed by atoms with Crippen LogP contribution in [-0.2, 0) is 4.79 Å². The van der Waals surface area contributed by atoms with Gasteiger partial charge in [0.25, 0.3) is 5.69 Å². The average Bonchev–Trinajstić information content (AvgIpc) is 2.46. The fourth-order valence-corrected chi connectivity index (χ4v) is 1.78. The Bertz CT molecular complexity index is 675. The first kappa shape index (κ1) is 13.5. The molecule has 2 aromatic carbocycles. The molecule has 20 heavy (non-hydrogen) atoms. The van der Waals surface area contributed by atoms with Gasteiger partial charge in [0.2, 0.25) is 0 Å². The molecule has 1 N–H and O–H groups in total. The first-order chi connectivity index (χ1) is 9.61. The van der Waals surface area contributed by atoms with E-state index in [0.717, 1.165) is 0 Å². The Balaban J connectivity index is 2.49. The van der Waals surface area contributed by atoms with Crippen molar-refractivity contribution in [1.29, 1.82) is 0 Å². The van der Waals surface area contributed by atoms with Gasteiger partial charge in [0, 0.05) is 11.6 Å². The van der Waals surface area contributed by atoms with Crippen LogP contribution >= 0.6 is 0 Å². The maximum atomic E-state index is 11.2. The van der Waals surface area contributed by atoms with E-state index in [4.69, 9.17) is 0 Å². The molecule has 0 fully saturated rings. The third kappa shape index (κ3) is 2.89. The molecular weight excluding hydrogens is 258 g/mol. The zero-order valence-corrected chi connectivity index (χ0v) is 10.4. The van der Waals surface area contributed by atoms with Gasteiger partial charge in [0.15, 0.2) is 6.29 Å². The van der Waals surface area contributed by atoms with Crippen LogP contribution in [0.25, 0.3) is 11.6 Å². The quantitative estimate of drug-likeness (QED) is 0.304. The summed E-state index contributed by atoms with van der Waals surface area (Å²) in [5.74, 6) is 0.0877. The Morgan fingerprint density at radius 2 is 1.75 bits per heavy atom. The molecular formula is C15H11NO4. The second-order valence-electron chi connectivity index (χ2n) is 4.08. The third-order valence-electron chi connectivity index (χ3n) is 2.77. The number of aldehydes is 1. The van der Waals surface area contributed by atoms with Crippen LogP contribution in [0.3, 0.4) is 0 Å². The predicted molar refractivity (Wildman–Crippen MR) is 75.1 cm³/mol. The molecule has 0 atom stereocenters. The largest absolute Gasteiger partial charge is 0.508 e. The maximum Gasteiger partial charge on any atom is 0.276 e. The minimum absolute atomic E-state index is 0.0642. The summed E-state index contributed by atoms with van der Waals surface area (Å²) < 4.78 is 0. The topological polar surface area (TPSA) is 80.4 Å². The van der Waals surface area contributed by atoms with Gasteiger partial charge >= 0.3 is 0 Å². The summed E-state index contributed by atoms with van der Waals surface area (Å²) in [6.07, 6.45) is 2.08. The zero-order chi connectivity index (χ0) is 14.5. The number of rotatable bonds is 4. The van der Waals surface area contributed by atoms with E-state index in [0.29, 0.717) is 23.0 Å². The Hall–Kier alpha value is -2.95. The smallest absolute Gasteiger partial charge is 0.276 e. The van der Waals surface area contributed by atoms with Gasteiger partial charge in [-0.3, -0.25) is 14.9 Å². The number of hydrogen-bond acceptors (Lipinski definition) is 4. The minimum atomic E-state index is -0.495. The highest BCUT2D eigenvalue weighted by molar-refractivity contribution is 6.13. The number of nitro benzene ring substituents is 1. The van der Waals surface area contributed by atoms with Crippen LogP contribution < -0.4 is 0 Å². The molecule has 0 heterocycles. The van der Waals surface area contributed by atoms with Crippen LogP contribution in [-0.4, -0.2) is 16.3 Å². The van der Waals surface area contributed by atoms with Gasteiger partial charge in [-0.05, 0) is 29.8 Å². The number of carbonyl (C=O) groups excluding carboxylic acids is 1. The number of carbonyl (C=O) groups is 1. The fourth-order valence-electron chi connectivity index (χ4n) is 1.78. The van der Waals surface area contributed by atoms with E-state index < -0.39 is 4.92 Å². The summed E-state index contributed by atoms with van der Waals surface area (Å²) in [6.45, 7) is 0. The monoisotopic (exact) mass is 269 g/mol. The van der Waals surface area contributed by atoms with E-state index in [2.05, 4.69) is 0 Å². The van der Waals surface area contributed by atoms with Crippen molar-refractivity contribution in [3.8, 4) is 5.75 Å². The Kier molecular flexibility index (Phi) is 3.91. The molecule has 2 aromatic rings. The van der Waals surface area contributed by atoms with Crippen LogP contribution in [0.1, 0.15) is 11.1 Å². The molecule has 0 saturated heterocycles. The van der Waals surface area contributed by atoms with E-state index in [1.807, 2.05) is 0 Å². The van der Waals surface area contributed by atoms with Gasteiger partial charge < -0.3 is 5.11 Å². The van der Waals surface area contributed by atoms with E-state index in [1.165, 1.54) is 24.3 Å². The molecule has 0 amide bonds. The van der Waals surface area contributed by atoms with E-state index in [1.54, 1.807) is 30.3 Å². The number of aromatic hydroxyl groups is 1. The average molecular weight is 269 g/mol. The lowest BCUT2D eigenvalue weighted by Gasteiger charge is -2.02. The van der Waals surface area contributed by atoms with Gasteiger partial charge in [0.1, 0.15) is 5.75 Å². The normalized spacial score (nSPS) is 11.1. The number of benzene rings is 2. The molecule has 0 aromatic heterocycles. The van der Waals surface area contributed by atoms with Crippen LogP contribution in [0, 0.1) is 10.1 Å². The lowest BCUT2D eigenvalue weighted by atomic mass is 10.0. The van der Waals surface area contributed by atoms with Crippen molar-refractivity contribution in [2.45, 2.75) is 0 Å². The molecule has 5 heteroatoms. The Morgan fingerprint density at radius 3 is 2.35 bits per heavy atom. The highest BCUT2D eigenvalue weighted by Gasteiger charge is 2.11. The summed E-state index contributed by atoms with van der Waals surface area (Å²) in [5, 5.41) is 20.1. The summed E-state index contributed by atoms with van der Waals surface area (Å²) in [6, 6.07) is 12.2. The van der Waals surface area contributed by atoms with Crippen LogP contribution in [0.2, 0.25) is 0 Å². The van der Waals surface area contributed by atoms with Crippen LogP contribution in [0.5, 0.6) is 5.75 Å². The number of allylic oxidation sites excluding steroid dienone is 1. The van der Waals surface area contributed by atoms with Crippen molar-refractivity contribution in [3.63, 3.8) is 0 Å². The molecule has 0 unspecified atom stereocenters. The molecule has 0 aliphatic heterocycles. The molecule has 0 spiro atoms. The lowest BCUT2D eigenvalue weighted by Crippen LogP contribution is -1.92. The molecule has 5 nitrogen and oxygen atoms in total. The summed E-state index contributed by atoms with van der Waals surface area (Å²) in [5.41, 5.74) is 1.17. The minimum Gasteiger partial charge on any atom is -0.508 e. The molecule has 0 aliphatic carbocycles. The second-order valence-corrected chi connectivity index (χ2v) is 4.08. The van der Waals surface area contributed by atoms with Crippen molar-refractivity contribution >= 4 is 23.6 Å². The molecule has 0 saturated carbocycles. The fraction of sp³-hybridized carbons (Fsp3) is 0. The number of nitrogens with zero attached hydrogens (tertiary/aromatic N) is 1. The van der Waals surface area contributed by atoms with Gasteiger partial charge in [-0.1, -0.05) is 24.3 Å². The Labute approximate surface area is 115 Å². The first-order valence-electron chi connectivity index (χ1n) is 5.81. The van der Waals surface area contributed by atoms with Gasteiger partial charge in [-0.25, -0.2) is 0 Å². The number of nitro groups is 1. The number of hydrogen-bond donors (Lipinski definition) is 1. The first-order valence-corrected chi connectivity index (χ1v) is 5.81. The maximum absolute atomic E-state index is 11.2. The molecule has 0 aliphatic rings. The summed E-state index contributed by atoms with van der Waals surface area (Å²) >= 11 is 0. The van der Waals surface area contributed by atoms with Crippen molar-refractivity contribution in [2.24, 2.45) is 0 Å². The molecule has 0 bridgehead atoms. The van der Waals surface area contributed by atoms with Gasteiger partial charge in [-0.2, -0.15) is 0 Å². The van der Waals surface area contributed by atoms with Gasteiger partial charge in [-0.15, -0.1) is 0 Å². The summed E-state index contributed by atoms with van der Waals surface area (Å²) in [7, 11) is 0. The van der Waals surface area contributed by atoms with Crippen molar-refractivity contribution in [3.05, 3.63) is 69.8 Å². The number of para-hydroxylation sites is 1. The Morgan fingerprint density at radius 1 is 1.10 bits per heavy atom. The lowest BCUT2D eigenvalue weighted by molar-refractivity contribution is -0.385. The summed E-state index contributed by atoms with van der Waals surface area (Å²) in [4.78, 5) is 21.6. The van der Waals surface area contributed by atoms with Crippen molar-refractivity contribution in [1.82, 2.24) is 0 Å². The highest BCUT2D eigenvalue weighted by atomic mass is 16.6. The van der Waals surface area contributed by atoms with Gasteiger partial charge in [0.05, 0.1) is 10.5 Å². The number of phenols is 1. The second kappa shape index (κ2) is 5.79. The van der Waals surface area contributed by atoms with E-state index in [-0.39, 0.29) is 11.4 Å². The third-order valence-corrected chi connectivity index (χ3v) is 2.77. The highest BCUT2D eigenvalue weighted by Crippen LogP contribution is 2.24. The molecule has 2 rings (SSSR count). The predicted octanol–water partition coefficient (Wildman–Crippen LogP) is 3.04. The van der Waals surface area contributed by atoms with Crippen molar-refractivity contribution in [2.75, 3.05) is 0 Å². The standard InChI is InChI=1S/C15H11NO4/c17-10-13(11-5-7-14(18)8-6-11)9-12-3-1-2-4-15(12)16(19)20/h1-10,18H/b13-9-.